The third kappa shape index (κ3) is 7.08. The number of esters is 1. The lowest BCUT2D eigenvalue weighted by Crippen LogP contribution is -2.31. The summed E-state index contributed by atoms with van der Waals surface area (Å²) in [5.74, 6) is -0.195. The smallest absolute Gasteiger partial charge is 0.407 e. The normalized spacial score (nSPS) is 10.1. The Morgan fingerprint density at radius 3 is 2.47 bits per heavy atom. The number of hydrogen-bond acceptors (Lipinski definition) is 4. The maximum Gasteiger partial charge on any atom is 0.407 e. The highest BCUT2D eigenvalue weighted by atomic mass is 16.6. The van der Waals surface area contributed by atoms with Crippen molar-refractivity contribution in [1.29, 1.82) is 0 Å². The van der Waals surface area contributed by atoms with Gasteiger partial charge in [0.05, 0.1) is 6.61 Å². The molecule has 0 aliphatic heterocycles. The first-order chi connectivity index (χ1) is 9.08. The predicted octanol–water partition coefficient (Wildman–Crippen LogP) is 2.11. The number of amides is 1. The summed E-state index contributed by atoms with van der Waals surface area (Å²) in [6.07, 6.45) is -0.634. The summed E-state index contributed by atoms with van der Waals surface area (Å²) in [5, 5.41) is 2.34. The fourth-order valence-electron chi connectivity index (χ4n) is 1.23. The molecular weight excluding hydrogens is 246 g/mol. The van der Waals surface area contributed by atoms with E-state index in [1.807, 2.05) is 44.2 Å². The molecule has 0 saturated carbocycles. The Morgan fingerprint density at radius 1 is 1.16 bits per heavy atom. The van der Waals surface area contributed by atoms with Crippen molar-refractivity contribution >= 4 is 12.1 Å². The summed E-state index contributed by atoms with van der Waals surface area (Å²) in [6.45, 7) is 4.22. The van der Waals surface area contributed by atoms with Gasteiger partial charge in [-0.25, -0.2) is 4.79 Å². The van der Waals surface area contributed by atoms with Gasteiger partial charge >= 0.3 is 12.1 Å². The van der Waals surface area contributed by atoms with Crippen LogP contribution < -0.4 is 5.32 Å². The number of alkyl carbamates (subject to hydrolysis) is 1. The lowest BCUT2D eigenvalue weighted by atomic mass is 10.2. The van der Waals surface area contributed by atoms with Gasteiger partial charge in [-0.2, -0.15) is 0 Å². The van der Waals surface area contributed by atoms with E-state index in [0.29, 0.717) is 6.61 Å². The Balaban J connectivity index is 2.16. The van der Waals surface area contributed by atoms with Crippen molar-refractivity contribution in [1.82, 2.24) is 5.32 Å². The molecule has 104 valence electrons. The van der Waals surface area contributed by atoms with Gasteiger partial charge in [-0.15, -0.1) is 0 Å². The van der Waals surface area contributed by atoms with Crippen molar-refractivity contribution in [2.24, 2.45) is 5.92 Å². The maximum absolute atomic E-state index is 11.3. The molecule has 1 N–H and O–H groups in total. The number of rotatable bonds is 6. The van der Waals surface area contributed by atoms with Crippen LogP contribution in [0.5, 0.6) is 0 Å². The highest BCUT2D eigenvalue weighted by Gasteiger charge is 2.08. The molecule has 0 radical (unpaired) electrons. The van der Waals surface area contributed by atoms with E-state index in [0.717, 1.165) is 5.56 Å². The average Bonchev–Trinajstić information content (AvgIpc) is 2.41. The number of nitrogens with one attached hydrogen (secondary N) is 1. The molecule has 1 rings (SSSR count). The fourth-order valence-corrected chi connectivity index (χ4v) is 1.23. The van der Waals surface area contributed by atoms with Crippen LogP contribution in [0.15, 0.2) is 30.3 Å². The van der Waals surface area contributed by atoms with Gasteiger partial charge < -0.3 is 14.8 Å². The van der Waals surface area contributed by atoms with Gasteiger partial charge in [0.15, 0.2) is 0 Å². The van der Waals surface area contributed by atoms with Crippen molar-refractivity contribution in [3.05, 3.63) is 35.9 Å². The van der Waals surface area contributed by atoms with Crippen LogP contribution in [0.25, 0.3) is 0 Å². The van der Waals surface area contributed by atoms with E-state index in [9.17, 15) is 9.59 Å². The van der Waals surface area contributed by atoms with Crippen LogP contribution >= 0.6 is 0 Å². The highest BCUT2D eigenvalue weighted by Crippen LogP contribution is 2.00. The van der Waals surface area contributed by atoms with E-state index in [4.69, 9.17) is 9.47 Å². The van der Waals surface area contributed by atoms with E-state index in [2.05, 4.69) is 5.32 Å². The van der Waals surface area contributed by atoms with Gasteiger partial charge in [-0.05, 0) is 11.5 Å². The van der Waals surface area contributed by atoms with E-state index in [1.165, 1.54) is 0 Å². The number of ether oxygens (including phenoxy) is 2. The monoisotopic (exact) mass is 265 g/mol. The number of hydrogen-bond donors (Lipinski definition) is 1. The molecule has 0 aliphatic rings. The second-order valence-electron chi connectivity index (χ2n) is 4.49. The standard InChI is InChI=1S/C14H19NO4/c1-11(2)9-18-13(16)8-15-14(17)19-10-12-6-4-3-5-7-12/h3-7,11H,8-10H2,1-2H3,(H,15,17). The summed E-state index contributed by atoms with van der Waals surface area (Å²) in [4.78, 5) is 22.6. The molecule has 0 aromatic heterocycles. The topological polar surface area (TPSA) is 64.6 Å². The summed E-state index contributed by atoms with van der Waals surface area (Å²) in [6, 6.07) is 9.31. The molecule has 0 heterocycles. The number of carbonyl (C=O) groups excluding carboxylic acids is 2. The van der Waals surface area contributed by atoms with E-state index in [1.54, 1.807) is 0 Å². The molecule has 0 aliphatic carbocycles. The molecule has 0 fully saturated rings. The van der Waals surface area contributed by atoms with Crippen molar-refractivity contribution in [2.75, 3.05) is 13.2 Å². The quantitative estimate of drug-likeness (QED) is 0.800. The zero-order valence-corrected chi connectivity index (χ0v) is 11.2. The van der Waals surface area contributed by atoms with Crippen LogP contribution in [-0.4, -0.2) is 25.2 Å². The van der Waals surface area contributed by atoms with Crippen LogP contribution in [-0.2, 0) is 20.9 Å². The molecule has 0 atom stereocenters. The molecule has 0 spiro atoms. The Kier molecular flexibility index (Phi) is 6.43. The molecule has 1 aromatic carbocycles. The fraction of sp³-hybridized carbons (Fsp3) is 0.429. The minimum atomic E-state index is -0.634. The van der Waals surface area contributed by atoms with Gasteiger partial charge in [-0.3, -0.25) is 4.79 Å². The third-order valence-electron chi connectivity index (χ3n) is 2.17. The predicted molar refractivity (Wildman–Crippen MR) is 70.4 cm³/mol. The van der Waals surface area contributed by atoms with Crippen molar-refractivity contribution in [2.45, 2.75) is 20.5 Å². The average molecular weight is 265 g/mol. The van der Waals surface area contributed by atoms with Crippen LogP contribution in [0.1, 0.15) is 19.4 Å². The lowest BCUT2D eigenvalue weighted by Gasteiger charge is -2.08. The van der Waals surface area contributed by atoms with Gasteiger partial charge in [0, 0.05) is 0 Å². The molecule has 5 nitrogen and oxygen atoms in total. The Labute approximate surface area is 112 Å². The largest absolute Gasteiger partial charge is 0.464 e. The summed E-state index contributed by atoms with van der Waals surface area (Å²) in [7, 11) is 0. The van der Waals surface area contributed by atoms with E-state index >= 15 is 0 Å². The summed E-state index contributed by atoms with van der Waals surface area (Å²) >= 11 is 0. The van der Waals surface area contributed by atoms with Gasteiger partial charge in [0.25, 0.3) is 0 Å². The van der Waals surface area contributed by atoms with Crippen LogP contribution in [0.2, 0.25) is 0 Å². The van der Waals surface area contributed by atoms with Crippen molar-refractivity contribution in [3.63, 3.8) is 0 Å². The molecule has 5 heteroatoms. The number of carbonyl (C=O) groups is 2. The second-order valence-corrected chi connectivity index (χ2v) is 4.49. The first-order valence-electron chi connectivity index (χ1n) is 6.18. The first kappa shape index (κ1) is 15.0. The summed E-state index contributed by atoms with van der Waals surface area (Å²) in [5.41, 5.74) is 0.889. The van der Waals surface area contributed by atoms with Crippen LogP contribution in [0.3, 0.4) is 0 Å². The SMILES string of the molecule is CC(C)COC(=O)CNC(=O)OCc1ccccc1. The van der Waals surface area contributed by atoms with Gasteiger partial charge in [-0.1, -0.05) is 44.2 Å². The Hall–Kier alpha value is -2.04. The zero-order chi connectivity index (χ0) is 14.1. The first-order valence-corrected chi connectivity index (χ1v) is 6.18. The molecule has 0 saturated heterocycles. The van der Waals surface area contributed by atoms with Crippen LogP contribution in [0, 0.1) is 5.92 Å². The summed E-state index contributed by atoms with van der Waals surface area (Å²) < 4.78 is 9.85. The second kappa shape index (κ2) is 8.13. The maximum atomic E-state index is 11.3. The molecule has 0 unspecified atom stereocenters. The van der Waals surface area contributed by atoms with E-state index in [-0.39, 0.29) is 19.1 Å². The number of benzene rings is 1. The van der Waals surface area contributed by atoms with Crippen molar-refractivity contribution in [3.8, 4) is 0 Å². The highest BCUT2D eigenvalue weighted by molar-refractivity contribution is 5.77. The Bertz CT molecular complexity index is 403. The molecular formula is C14H19NO4. The Morgan fingerprint density at radius 2 is 1.84 bits per heavy atom. The molecule has 1 aromatic rings. The van der Waals surface area contributed by atoms with Gasteiger partial charge in [0.2, 0.25) is 0 Å². The third-order valence-corrected chi connectivity index (χ3v) is 2.17. The van der Waals surface area contributed by atoms with E-state index < -0.39 is 12.1 Å². The van der Waals surface area contributed by atoms with Crippen LogP contribution in [0.4, 0.5) is 4.79 Å². The molecule has 1 amide bonds. The minimum Gasteiger partial charge on any atom is -0.464 e. The lowest BCUT2D eigenvalue weighted by molar-refractivity contribution is -0.143. The zero-order valence-electron chi connectivity index (χ0n) is 11.2. The van der Waals surface area contributed by atoms with Gasteiger partial charge in [0.1, 0.15) is 13.2 Å². The minimum absolute atomic E-state index is 0.174. The molecule has 0 bridgehead atoms. The molecule has 19 heavy (non-hydrogen) atoms. The van der Waals surface area contributed by atoms with Crippen molar-refractivity contribution < 1.29 is 19.1 Å².